The van der Waals surface area contributed by atoms with E-state index in [0.717, 1.165) is 0 Å². The number of rotatable bonds is 2. The van der Waals surface area contributed by atoms with Crippen molar-refractivity contribution in [2.24, 2.45) is 0 Å². The van der Waals surface area contributed by atoms with Gasteiger partial charge >= 0.3 is 5.97 Å². The van der Waals surface area contributed by atoms with Gasteiger partial charge in [-0.05, 0) is 32.0 Å². The van der Waals surface area contributed by atoms with Gasteiger partial charge in [0, 0.05) is 0 Å². The summed E-state index contributed by atoms with van der Waals surface area (Å²) in [5.41, 5.74) is 0.982. The maximum atomic E-state index is 11.6. The molecule has 1 aliphatic heterocycles. The number of hydrogen-bond donors (Lipinski definition) is 1. The molecule has 1 aromatic carbocycles. The molecule has 17 heavy (non-hydrogen) atoms. The lowest BCUT2D eigenvalue weighted by Gasteiger charge is -2.18. The molecule has 1 heterocycles. The van der Waals surface area contributed by atoms with Crippen LogP contribution in [-0.2, 0) is 9.53 Å². The van der Waals surface area contributed by atoms with Gasteiger partial charge in [0.1, 0.15) is 5.75 Å². The van der Waals surface area contributed by atoms with Crippen LogP contribution in [0.15, 0.2) is 18.2 Å². The topological polar surface area (TPSA) is 64.6 Å². The number of nitrogens with one attached hydrogen (secondary N) is 1. The van der Waals surface area contributed by atoms with Gasteiger partial charge < -0.3 is 14.8 Å². The van der Waals surface area contributed by atoms with Crippen molar-refractivity contribution < 1.29 is 19.1 Å². The highest BCUT2D eigenvalue weighted by atomic mass is 16.5. The molecule has 0 unspecified atom stereocenters. The molecule has 90 valence electrons. The van der Waals surface area contributed by atoms with Crippen molar-refractivity contribution in [3.8, 4) is 5.75 Å². The number of amides is 1. The van der Waals surface area contributed by atoms with E-state index in [-0.39, 0.29) is 18.6 Å². The summed E-state index contributed by atoms with van der Waals surface area (Å²) < 4.78 is 10.3. The summed E-state index contributed by atoms with van der Waals surface area (Å²) >= 11 is 0. The van der Waals surface area contributed by atoms with Crippen molar-refractivity contribution >= 4 is 17.6 Å². The summed E-state index contributed by atoms with van der Waals surface area (Å²) in [6.45, 7) is 3.54. The van der Waals surface area contributed by atoms with Crippen LogP contribution in [0.2, 0.25) is 0 Å². The van der Waals surface area contributed by atoms with Gasteiger partial charge in [-0.2, -0.15) is 0 Å². The van der Waals surface area contributed by atoms with E-state index in [9.17, 15) is 9.59 Å². The van der Waals surface area contributed by atoms with Crippen LogP contribution in [0.25, 0.3) is 0 Å². The van der Waals surface area contributed by atoms with Crippen LogP contribution in [0.3, 0.4) is 0 Å². The predicted molar refractivity (Wildman–Crippen MR) is 61.1 cm³/mol. The third kappa shape index (κ3) is 2.55. The molecule has 0 radical (unpaired) electrons. The molecule has 0 fully saturated rings. The normalized spacial score (nSPS) is 13.7. The number of esters is 1. The van der Waals surface area contributed by atoms with Crippen molar-refractivity contribution in [3.05, 3.63) is 23.8 Å². The fraction of sp³-hybridized carbons (Fsp3) is 0.333. The van der Waals surface area contributed by atoms with Gasteiger partial charge in [0.25, 0.3) is 5.91 Å². The third-order valence-electron chi connectivity index (χ3n) is 2.19. The van der Waals surface area contributed by atoms with Crippen molar-refractivity contribution in [2.45, 2.75) is 20.0 Å². The number of anilines is 1. The molecule has 1 aliphatic rings. The minimum atomic E-state index is -0.400. The Morgan fingerprint density at radius 1 is 1.47 bits per heavy atom. The van der Waals surface area contributed by atoms with Crippen molar-refractivity contribution in [1.29, 1.82) is 0 Å². The van der Waals surface area contributed by atoms with Crippen LogP contribution >= 0.6 is 0 Å². The van der Waals surface area contributed by atoms with Gasteiger partial charge in [0.05, 0.1) is 17.4 Å². The Kier molecular flexibility index (Phi) is 2.99. The Labute approximate surface area is 98.7 Å². The van der Waals surface area contributed by atoms with E-state index in [1.165, 1.54) is 0 Å². The second-order valence-electron chi connectivity index (χ2n) is 4.00. The van der Waals surface area contributed by atoms with Crippen molar-refractivity contribution in [3.63, 3.8) is 0 Å². The van der Waals surface area contributed by atoms with Crippen molar-refractivity contribution in [1.82, 2.24) is 0 Å². The fourth-order valence-corrected chi connectivity index (χ4v) is 1.48. The highest BCUT2D eigenvalue weighted by Crippen LogP contribution is 2.28. The van der Waals surface area contributed by atoms with Gasteiger partial charge in [-0.15, -0.1) is 0 Å². The van der Waals surface area contributed by atoms with E-state index in [4.69, 9.17) is 9.47 Å². The zero-order valence-electron chi connectivity index (χ0n) is 9.65. The minimum absolute atomic E-state index is 0.0321. The summed E-state index contributed by atoms with van der Waals surface area (Å²) in [7, 11) is 0. The molecule has 5 nitrogen and oxygen atoms in total. The molecule has 0 aromatic heterocycles. The molecule has 1 aromatic rings. The summed E-state index contributed by atoms with van der Waals surface area (Å²) in [6, 6.07) is 4.79. The van der Waals surface area contributed by atoms with Gasteiger partial charge in [-0.1, -0.05) is 0 Å². The molecule has 2 rings (SSSR count). The van der Waals surface area contributed by atoms with Crippen LogP contribution < -0.4 is 10.1 Å². The number of carbonyl (C=O) groups is 2. The Bertz CT molecular complexity index is 468. The number of fused-ring (bicyclic) bond motifs is 1. The summed E-state index contributed by atoms with van der Waals surface area (Å²) in [5, 5.41) is 2.65. The SMILES string of the molecule is CC(C)OC(=O)c1ccc2c(c1)OCC(=O)N2. The lowest BCUT2D eigenvalue weighted by molar-refractivity contribution is -0.118. The van der Waals surface area contributed by atoms with Gasteiger partial charge in [-0.25, -0.2) is 4.79 Å². The first-order valence-electron chi connectivity index (χ1n) is 5.34. The Morgan fingerprint density at radius 2 is 2.24 bits per heavy atom. The monoisotopic (exact) mass is 235 g/mol. The highest BCUT2D eigenvalue weighted by molar-refractivity contribution is 5.97. The molecule has 1 amide bonds. The first-order valence-corrected chi connectivity index (χ1v) is 5.34. The zero-order chi connectivity index (χ0) is 12.4. The van der Waals surface area contributed by atoms with Gasteiger partial charge in [0.15, 0.2) is 6.61 Å². The number of benzene rings is 1. The minimum Gasteiger partial charge on any atom is -0.482 e. The zero-order valence-corrected chi connectivity index (χ0v) is 9.65. The van der Waals surface area contributed by atoms with Crippen LogP contribution in [0.1, 0.15) is 24.2 Å². The molecular weight excluding hydrogens is 222 g/mol. The Hall–Kier alpha value is -2.04. The molecule has 0 atom stereocenters. The van der Waals surface area contributed by atoms with E-state index >= 15 is 0 Å². The van der Waals surface area contributed by atoms with E-state index < -0.39 is 5.97 Å². The van der Waals surface area contributed by atoms with E-state index in [1.807, 2.05) is 0 Å². The van der Waals surface area contributed by atoms with E-state index in [1.54, 1.807) is 32.0 Å². The van der Waals surface area contributed by atoms with Crippen LogP contribution in [0.5, 0.6) is 5.75 Å². The third-order valence-corrected chi connectivity index (χ3v) is 2.19. The molecule has 0 saturated carbocycles. The predicted octanol–water partition coefficient (Wildman–Crippen LogP) is 1.58. The van der Waals surface area contributed by atoms with E-state index in [2.05, 4.69) is 5.32 Å². The Morgan fingerprint density at radius 3 is 2.94 bits per heavy atom. The highest BCUT2D eigenvalue weighted by Gasteiger charge is 2.18. The lowest BCUT2D eigenvalue weighted by Crippen LogP contribution is -2.25. The first-order chi connectivity index (χ1) is 8.06. The van der Waals surface area contributed by atoms with Crippen molar-refractivity contribution in [2.75, 3.05) is 11.9 Å². The summed E-state index contributed by atoms with van der Waals surface area (Å²) in [5.74, 6) is -0.110. The fourth-order valence-electron chi connectivity index (χ4n) is 1.48. The first kappa shape index (κ1) is 11.4. The molecule has 0 bridgehead atoms. The standard InChI is InChI=1S/C12H13NO4/c1-7(2)17-12(15)8-3-4-9-10(5-8)16-6-11(14)13-9/h3-5,7H,6H2,1-2H3,(H,13,14). The van der Waals surface area contributed by atoms with Gasteiger partial charge in [0.2, 0.25) is 0 Å². The Balaban J connectivity index is 2.22. The maximum Gasteiger partial charge on any atom is 0.338 e. The maximum absolute atomic E-state index is 11.6. The average Bonchev–Trinajstić information content (AvgIpc) is 2.27. The smallest absolute Gasteiger partial charge is 0.338 e. The quantitative estimate of drug-likeness (QED) is 0.790. The molecular formula is C12H13NO4. The van der Waals surface area contributed by atoms with Crippen LogP contribution in [0, 0.1) is 0 Å². The van der Waals surface area contributed by atoms with Crippen LogP contribution in [0.4, 0.5) is 5.69 Å². The molecule has 5 heteroatoms. The summed E-state index contributed by atoms with van der Waals surface area (Å²) in [4.78, 5) is 22.7. The van der Waals surface area contributed by atoms with Gasteiger partial charge in [-0.3, -0.25) is 4.79 Å². The second kappa shape index (κ2) is 4.45. The molecule has 0 spiro atoms. The average molecular weight is 235 g/mol. The number of hydrogen-bond acceptors (Lipinski definition) is 4. The molecule has 1 N–H and O–H groups in total. The molecule has 0 aliphatic carbocycles. The van der Waals surface area contributed by atoms with Crippen LogP contribution in [-0.4, -0.2) is 24.6 Å². The number of carbonyl (C=O) groups excluding carboxylic acids is 2. The number of ether oxygens (including phenoxy) is 2. The lowest BCUT2D eigenvalue weighted by atomic mass is 10.1. The second-order valence-corrected chi connectivity index (χ2v) is 4.00. The molecule has 0 saturated heterocycles. The van der Waals surface area contributed by atoms with E-state index in [0.29, 0.717) is 17.0 Å². The summed E-state index contributed by atoms with van der Waals surface area (Å²) in [6.07, 6.45) is -0.167. The largest absolute Gasteiger partial charge is 0.482 e.